The van der Waals surface area contributed by atoms with E-state index in [1.807, 2.05) is 29.7 Å². The predicted molar refractivity (Wildman–Crippen MR) is 125 cm³/mol. The first kappa shape index (κ1) is 21.9. The number of carbonyl (C=O) groups is 2. The van der Waals surface area contributed by atoms with Crippen LogP contribution < -0.4 is 5.32 Å². The molecule has 32 heavy (non-hydrogen) atoms. The van der Waals surface area contributed by atoms with E-state index in [0.29, 0.717) is 33.2 Å². The molecule has 1 amide bonds. The molecule has 0 bridgehead atoms. The van der Waals surface area contributed by atoms with Crippen LogP contribution in [0.4, 0.5) is 0 Å². The topological polar surface area (TPSA) is 84.2 Å². The third-order valence-corrected chi connectivity index (χ3v) is 5.62. The molecule has 0 saturated carbocycles. The summed E-state index contributed by atoms with van der Waals surface area (Å²) in [6, 6.07) is 16.9. The number of fused-ring (bicyclic) bond motifs is 1. The lowest BCUT2D eigenvalue weighted by atomic mass is 10.1. The average molecular weight is 468 g/mol. The molecule has 0 aliphatic rings. The Kier molecular flexibility index (Phi) is 6.17. The molecular formula is C24H19Cl2N3O3. The second kappa shape index (κ2) is 9.02. The number of aromatic carboxylic acids is 1. The molecule has 162 valence electrons. The molecule has 0 fully saturated rings. The van der Waals surface area contributed by atoms with Crippen molar-refractivity contribution < 1.29 is 14.7 Å². The summed E-state index contributed by atoms with van der Waals surface area (Å²) in [4.78, 5) is 28.7. The van der Waals surface area contributed by atoms with E-state index in [9.17, 15) is 9.59 Å². The van der Waals surface area contributed by atoms with Crippen molar-refractivity contribution in [1.82, 2.24) is 14.9 Å². The number of carboxylic acids is 1. The molecule has 1 atom stereocenters. The van der Waals surface area contributed by atoms with Gasteiger partial charge in [-0.3, -0.25) is 4.79 Å². The number of benzene rings is 3. The van der Waals surface area contributed by atoms with Gasteiger partial charge in [-0.2, -0.15) is 0 Å². The average Bonchev–Trinajstić information content (AvgIpc) is 3.15. The Morgan fingerprint density at radius 1 is 1.06 bits per heavy atom. The number of hydrogen-bond acceptors (Lipinski definition) is 3. The van der Waals surface area contributed by atoms with Crippen molar-refractivity contribution in [1.29, 1.82) is 0 Å². The quantitative estimate of drug-likeness (QED) is 0.387. The number of nitrogens with zero attached hydrogens (tertiary/aromatic N) is 2. The van der Waals surface area contributed by atoms with E-state index in [0.717, 1.165) is 11.1 Å². The largest absolute Gasteiger partial charge is 0.478 e. The molecule has 1 unspecified atom stereocenters. The number of amides is 1. The van der Waals surface area contributed by atoms with Crippen LogP contribution in [0.1, 0.15) is 44.8 Å². The smallest absolute Gasteiger partial charge is 0.335 e. The number of carbonyl (C=O) groups excluding carboxylic acids is 1. The van der Waals surface area contributed by atoms with E-state index < -0.39 is 5.97 Å². The highest BCUT2D eigenvalue weighted by Crippen LogP contribution is 2.26. The highest BCUT2D eigenvalue weighted by atomic mass is 35.5. The van der Waals surface area contributed by atoms with E-state index >= 15 is 0 Å². The first-order chi connectivity index (χ1) is 15.3. The fraction of sp³-hybridized carbons (Fsp3) is 0.125. The molecule has 1 aromatic heterocycles. The molecule has 0 spiro atoms. The Morgan fingerprint density at radius 3 is 2.50 bits per heavy atom. The van der Waals surface area contributed by atoms with Gasteiger partial charge in [-0.05, 0) is 54.4 Å². The van der Waals surface area contributed by atoms with Gasteiger partial charge in [-0.25, -0.2) is 9.78 Å². The minimum atomic E-state index is -0.998. The van der Waals surface area contributed by atoms with Gasteiger partial charge >= 0.3 is 5.97 Å². The van der Waals surface area contributed by atoms with Crippen LogP contribution in [0, 0.1) is 0 Å². The van der Waals surface area contributed by atoms with Crippen molar-refractivity contribution >= 4 is 46.1 Å². The van der Waals surface area contributed by atoms with Gasteiger partial charge in [-0.15, -0.1) is 0 Å². The van der Waals surface area contributed by atoms with E-state index in [2.05, 4.69) is 10.3 Å². The maximum Gasteiger partial charge on any atom is 0.335 e. The molecular weight excluding hydrogens is 449 g/mol. The number of hydrogen-bond donors (Lipinski definition) is 2. The molecule has 4 aromatic rings. The third kappa shape index (κ3) is 4.61. The van der Waals surface area contributed by atoms with Crippen molar-refractivity contribution in [2.24, 2.45) is 0 Å². The fourth-order valence-electron chi connectivity index (χ4n) is 3.57. The highest BCUT2D eigenvalue weighted by molar-refractivity contribution is 6.32. The number of carboxylic acid groups (broad SMARTS) is 1. The Hall–Kier alpha value is -3.35. The van der Waals surface area contributed by atoms with Crippen LogP contribution in [0.25, 0.3) is 11.0 Å². The number of aromatic nitrogens is 2. The summed E-state index contributed by atoms with van der Waals surface area (Å²) in [7, 11) is 0. The van der Waals surface area contributed by atoms with Gasteiger partial charge in [0.15, 0.2) is 0 Å². The zero-order chi connectivity index (χ0) is 22.8. The number of imidazole rings is 1. The molecule has 0 radical (unpaired) electrons. The highest BCUT2D eigenvalue weighted by Gasteiger charge is 2.19. The first-order valence-electron chi connectivity index (χ1n) is 9.85. The van der Waals surface area contributed by atoms with Crippen molar-refractivity contribution in [2.45, 2.75) is 19.5 Å². The van der Waals surface area contributed by atoms with Gasteiger partial charge in [0.2, 0.25) is 0 Å². The number of halogens is 2. The van der Waals surface area contributed by atoms with Crippen molar-refractivity contribution in [2.75, 3.05) is 0 Å². The fourth-order valence-corrected chi connectivity index (χ4v) is 4.00. The van der Waals surface area contributed by atoms with Crippen LogP contribution in [-0.2, 0) is 6.54 Å². The third-order valence-electron chi connectivity index (χ3n) is 5.17. The second-order valence-corrected chi connectivity index (χ2v) is 8.32. The molecule has 0 saturated heterocycles. The summed E-state index contributed by atoms with van der Waals surface area (Å²) < 4.78 is 1.89. The molecule has 6 nitrogen and oxygen atoms in total. The maximum absolute atomic E-state index is 13.2. The molecule has 1 heterocycles. The normalized spacial score (nSPS) is 12.0. The zero-order valence-electron chi connectivity index (χ0n) is 17.0. The Labute approximate surface area is 194 Å². The lowest BCUT2D eigenvalue weighted by Crippen LogP contribution is -2.27. The van der Waals surface area contributed by atoms with Gasteiger partial charge < -0.3 is 15.0 Å². The van der Waals surface area contributed by atoms with E-state index in [4.69, 9.17) is 28.3 Å². The van der Waals surface area contributed by atoms with Crippen LogP contribution >= 0.6 is 23.2 Å². The van der Waals surface area contributed by atoms with Crippen molar-refractivity contribution in [3.8, 4) is 0 Å². The van der Waals surface area contributed by atoms with E-state index in [-0.39, 0.29) is 17.5 Å². The lowest BCUT2D eigenvalue weighted by molar-refractivity contribution is 0.0696. The molecule has 0 aliphatic carbocycles. The number of nitrogens with one attached hydrogen (secondary N) is 1. The lowest BCUT2D eigenvalue weighted by Gasteiger charge is -2.16. The number of rotatable bonds is 6. The Bertz CT molecular complexity index is 1320. The SMILES string of the molecule is CC(NC(=O)c1cc(Cl)cc2ncn(Cc3cccc(Cl)c3)c12)c1ccc(C(=O)O)cc1. The summed E-state index contributed by atoms with van der Waals surface area (Å²) in [5, 5.41) is 13.1. The van der Waals surface area contributed by atoms with Crippen LogP contribution in [0.5, 0.6) is 0 Å². The molecule has 4 rings (SSSR count). The summed E-state index contributed by atoms with van der Waals surface area (Å²) in [6.07, 6.45) is 1.67. The summed E-state index contributed by atoms with van der Waals surface area (Å²) >= 11 is 12.4. The summed E-state index contributed by atoms with van der Waals surface area (Å²) in [5.41, 5.74) is 3.64. The van der Waals surface area contributed by atoms with E-state index in [1.165, 1.54) is 12.1 Å². The van der Waals surface area contributed by atoms with Crippen LogP contribution in [0.2, 0.25) is 10.0 Å². The van der Waals surface area contributed by atoms with Crippen molar-refractivity contribution in [3.05, 3.63) is 99.3 Å². The van der Waals surface area contributed by atoms with Crippen LogP contribution in [0.15, 0.2) is 67.0 Å². The first-order valence-corrected chi connectivity index (χ1v) is 10.6. The van der Waals surface area contributed by atoms with Gasteiger partial charge in [0, 0.05) is 16.6 Å². The maximum atomic E-state index is 13.2. The van der Waals surface area contributed by atoms with Gasteiger partial charge in [0.05, 0.1) is 34.5 Å². The standard InChI is InChI=1S/C24H19Cl2N3O3/c1-14(16-5-7-17(8-6-16)24(31)32)28-23(30)20-10-19(26)11-21-22(20)29(13-27-21)12-15-3-2-4-18(25)9-15/h2-11,13-14H,12H2,1H3,(H,28,30)(H,31,32). The molecule has 0 aliphatic heterocycles. The predicted octanol–water partition coefficient (Wildman–Crippen LogP) is 5.58. The molecule has 8 heteroatoms. The molecule has 2 N–H and O–H groups in total. The van der Waals surface area contributed by atoms with E-state index in [1.54, 1.807) is 36.7 Å². The minimum absolute atomic E-state index is 0.189. The Morgan fingerprint density at radius 2 is 1.81 bits per heavy atom. The van der Waals surface area contributed by atoms with Gasteiger partial charge in [-0.1, -0.05) is 47.5 Å². The summed E-state index contributed by atoms with van der Waals surface area (Å²) in [6.45, 7) is 2.32. The monoisotopic (exact) mass is 467 g/mol. The minimum Gasteiger partial charge on any atom is -0.478 e. The Balaban J connectivity index is 1.64. The second-order valence-electron chi connectivity index (χ2n) is 7.45. The molecule has 3 aromatic carbocycles. The van der Waals surface area contributed by atoms with Crippen molar-refractivity contribution in [3.63, 3.8) is 0 Å². The van der Waals surface area contributed by atoms with Gasteiger partial charge in [0.1, 0.15) is 0 Å². The summed E-state index contributed by atoms with van der Waals surface area (Å²) in [5.74, 6) is -1.30. The van der Waals surface area contributed by atoms with Gasteiger partial charge in [0.25, 0.3) is 5.91 Å². The zero-order valence-corrected chi connectivity index (χ0v) is 18.6. The van der Waals surface area contributed by atoms with Crippen LogP contribution in [-0.4, -0.2) is 26.5 Å². The van der Waals surface area contributed by atoms with Crippen LogP contribution in [0.3, 0.4) is 0 Å².